The highest BCUT2D eigenvalue weighted by molar-refractivity contribution is 8.00. The number of rotatable bonds is 4. The van der Waals surface area contributed by atoms with Crippen molar-refractivity contribution in [3.63, 3.8) is 0 Å². The Morgan fingerprint density at radius 3 is 2.47 bits per heavy atom. The fraction of sp³-hybridized carbons (Fsp3) is 0.133. The third kappa shape index (κ3) is 3.64. The minimum absolute atomic E-state index is 0.0867. The summed E-state index contributed by atoms with van der Waals surface area (Å²) in [5.74, 6) is -1.04. The van der Waals surface area contributed by atoms with Gasteiger partial charge in [0, 0.05) is 10.5 Å². The second-order valence-corrected chi connectivity index (χ2v) is 5.17. The molecular weight excluding hydrogens is 266 g/mol. The minimum Gasteiger partial charge on any atom is -0.293 e. The van der Waals surface area contributed by atoms with Gasteiger partial charge in [-0.25, -0.2) is 8.78 Å². The van der Waals surface area contributed by atoms with E-state index in [9.17, 15) is 13.6 Å². The van der Waals surface area contributed by atoms with Gasteiger partial charge >= 0.3 is 0 Å². The van der Waals surface area contributed by atoms with E-state index in [1.165, 1.54) is 0 Å². The molecule has 0 aliphatic rings. The quantitative estimate of drug-likeness (QED) is 0.614. The molecule has 19 heavy (non-hydrogen) atoms. The molecule has 2 rings (SSSR count). The number of thioether (sulfide) groups is 1. The van der Waals surface area contributed by atoms with Crippen LogP contribution in [0.1, 0.15) is 15.9 Å². The van der Waals surface area contributed by atoms with Gasteiger partial charge in [-0.15, -0.1) is 11.8 Å². The molecular formula is C15H12F2OS. The van der Waals surface area contributed by atoms with Crippen LogP contribution < -0.4 is 0 Å². The number of benzene rings is 2. The van der Waals surface area contributed by atoms with Crippen molar-refractivity contribution >= 4 is 17.5 Å². The smallest absolute Gasteiger partial charge is 0.173 e. The van der Waals surface area contributed by atoms with Crippen LogP contribution in [0.5, 0.6) is 0 Å². The molecule has 0 fully saturated rings. The predicted molar refractivity (Wildman–Crippen MR) is 72.6 cm³/mol. The predicted octanol–water partition coefficient (Wildman–Crippen LogP) is 4.25. The van der Waals surface area contributed by atoms with E-state index in [1.807, 2.05) is 19.1 Å². The van der Waals surface area contributed by atoms with Gasteiger partial charge < -0.3 is 0 Å². The van der Waals surface area contributed by atoms with Crippen molar-refractivity contribution in [1.29, 1.82) is 0 Å². The number of aryl methyl sites for hydroxylation is 1. The second-order valence-electron chi connectivity index (χ2n) is 4.15. The van der Waals surface area contributed by atoms with Crippen LogP contribution in [0.25, 0.3) is 0 Å². The van der Waals surface area contributed by atoms with E-state index >= 15 is 0 Å². The highest BCUT2D eigenvalue weighted by Gasteiger charge is 2.09. The van der Waals surface area contributed by atoms with Crippen LogP contribution in [0.15, 0.2) is 47.4 Å². The number of halogens is 2. The summed E-state index contributed by atoms with van der Waals surface area (Å²) in [6.45, 7) is 1.94. The first-order valence-electron chi connectivity index (χ1n) is 5.74. The third-order valence-corrected chi connectivity index (χ3v) is 3.66. The lowest BCUT2D eigenvalue weighted by atomic mass is 10.1. The molecule has 1 nitrogen and oxygen atoms in total. The maximum Gasteiger partial charge on any atom is 0.173 e. The topological polar surface area (TPSA) is 17.1 Å². The molecule has 4 heteroatoms. The van der Waals surface area contributed by atoms with E-state index in [2.05, 4.69) is 0 Å². The van der Waals surface area contributed by atoms with Crippen molar-refractivity contribution in [2.24, 2.45) is 0 Å². The van der Waals surface area contributed by atoms with Gasteiger partial charge in [0.1, 0.15) is 11.6 Å². The number of carbonyl (C=O) groups is 1. The summed E-state index contributed by atoms with van der Waals surface area (Å²) in [6, 6.07) is 10.4. The molecule has 0 radical (unpaired) electrons. The van der Waals surface area contributed by atoms with Gasteiger partial charge in [0.25, 0.3) is 0 Å². The van der Waals surface area contributed by atoms with E-state index < -0.39 is 11.6 Å². The molecule has 98 valence electrons. The zero-order chi connectivity index (χ0) is 13.8. The summed E-state index contributed by atoms with van der Waals surface area (Å²) in [4.78, 5) is 12.0. The minimum atomic E-state index is -0.511. The molecule has 0 aliphatic carbocycles. The maximum atomic E-state index is 13.4. The lowest BCUT2D eigenvalue weighted by Crippen LogP contribution is -2.02. The van der Waals surface area contributed by atoms with Gasteiger partial charge in [0.15, 0.2) is 5.78 Å². The number of hydrogen-bond acceptors (Lipinski definition) is 2. The SMILES string of the molecule is Cc1ccc(C(=O)CSc2cc(F)ccc2F)cc1. The summed E-state index contributed by atoms with van der Waals surface area (Å²) < 4.78 is 26.4. The van der Waals surface area contributed by atoms with Crippen molar-refractivity contribution in [3.8, 4) is 0 Å². The molecule has 0 amide bonds. The highest BCUT2D eigenvalue weighted by atomic mass is 32.2. The Labute approximate surface area is 114 Å². The molecule has 0 unspecified atom stereocenters. The van der Waals surface area contributed by atoms with Crippen LogP contribution in [0.3, 0.4) is 0 Å². The fourth-order valence-electron chi connectivity index (χ4n) is 1.55. The molecule has 0 bridgehead atoms. The van der Waals surface area contributed by atoms with Crippen LogP contribution in [0, 0.1) is 18.6 Å². The first-order chi connectivity index (χ1) is 9.06. The average molecular weight is 278 g/mol. The number of Topliss-reactive ketones (excluding diaryl/α,β-unsaturated/α-hetero) is 1. The van der Waals surface area contributed by atoms with Crippen LogP contribution in [-0.4, -0.2) is 11.5 Å². The van der Waals surface area contributed by atoms with Crippen molar-refractivity contribution in [2.75, 3.05) is 5.75 Å². The van der Waals surface area contributed by atoms with Crippen molar-refractivity contribution in [2.45, 2.75) is 11.8 Å². The highest BCUT2D eigenvalue weighted by Crippen LogP contribution is 2.23. The Balaban J connectivity index is 2.04. The Hall–Kier alpha value is -1.68. The first-order valence-corrected chi connectivity index (χ1v) is 6.72. The van der Waals surface area contributed by atoms with E-state index in [4.69, 9.17) is 0 Å². The van der Waals surface area contributed by atoms with Gasteiger partial charge in [0.2, 0.25) is 0 Å². The summed E-state index contributed by atoms with van der Waals surface area (Å²) >= 11 is 1.00. The average Bonchev–Trinajstić information content (AvgIpc) is 2.40. The normalized spacial score (nSPS) is 10.5. The molecule has 0 atom stereocenters. The zero-order valence-corrected chi connectivity index (χ0v) is 11.1. The molecule has 0 aliphatic heterocycles. The molecule has 0 heterocycles. The monoisotopic (exact) mass is 278 g/mol. The maximum absolute atomic E-state index is 13.4. The van der Waals surface area contributed by atoms with Crippen molar-refractivity contribution < 1.29 is 13.6 Å². The summed E-state index contributed by atoms with van der Waals surface area (Å²) in [7, 11) is 0. The number of ketones is 1. The van der Waals surface area contributed by atoms with Crippen molar-refractivity contribution in [1.82, 2.24) is 0 Å². The molecule has 0 spiro atoms. The van der Waals surface area contributed by atoms with Crippen LogP contribution in [0.4, 0.5) is 8.78 Å². The Kier molecular flexibility index (Phi) is 4.32. The van der Waals surface area contributed by atoms with Gasteiger partial charge in [-0.1, -0.05) is 29.8 Å². The lowest BCUT2D eigenvalue weighted by molar-refractivity contribution is 0.102. The van der Waals surface area contributed by atoms with Gasteiger partial charge in [-0.2, -0.15) is 0 Å². The number of hydrogen-bond donors (Lipinski definition) is 0. The van der Waals surface area contributed by atoms with E-state index in [0.29, 0.717) is 5.56 Å². The molecule has 0 aromatic heterocycles. The van der Waals surface area contributed by atoms with Gasteiger partial charge in [-0.3, -0.25) is 4.79 Å². The third-order valence-electron chi connectivity index (χ3n) is 2.63. The van der Waals surface area contributed by atoms with Gasteiger partial charge in [-0.05, 0) is 25.1 Å². The fourth-order valence-corrected chi connectivity index (χ4v) is 2.41. The van der Waals surface area contributed by atoms with E-state index in [0.717, 1.165) is 35.5 Å². The Morgan fingerprint density at radius 2 is 1.79 bits per heavy atom. The standard InChI is InChI=1S/C15H12F2OS/c1-10-2-4-11(5-3-10)14(18)9-19-15-8-12(16)6-7-13(15)17/h2-8H,9H2,1H3. The van der Waals surface area contributed by atoms with Crippen LogP contribution in [-0.2, 0) is 0 Å². The first kappa shape index (κ1) is 13.7. The van der Waals surface area contributed by atoms with Crippen molar-refractivity contribution in [3.05, 3.63) is 65.2 Å². The molecule has 0 N–H and O–H groups in total. The summed E-state index contributed by atoms with van der Waals surface area (Å²) in [6.07, 6.45) is 0. The second kappa shape index (κ2) is 5.97. The molecule has 0 saturated heterocycles. The summed E-state index contributed by atoms with van der Waals surface area (Å²) in [5, 5.41) is 0. The Bertz CT molecular complexity index is 594. The molecule has 0 saturated carbocycles. The summed E-state index contributed by atoms with van der Waals surface area (Å²) in [5.41, 5.74) is 1.65. The largest absolute Gasteiger partial charge is 0.293 e. The molecule has 2 aromatic carbocycles. The zero-order valence-electron chi connectivity index (χ0n) is 10.3. The number of carbonyl (C=O) groups excluding carboxylic acids is 1. The van der Waals surface area contributed by atoms with Crippen LogP contribution >= 0.6 is 11.8 Å². The van der Waals surface area contributed by atoms with Crippen LogP contribution in [0.2, 0.25) is 0 Å². The Morgan fingerprint density at radius 1 is 1.11 bits per heavy atom. The molecule has 2 aromatic rings. The van der Waals surface area contributed by atoms with E-state index in [-0.39, 0.29) is 16.4 Å². The van der Waals surface area contributed by atoms with E-state index in [1.54, 1.807) is 12.1 Å². The lowest BCUT2D eigenvalue weighted by Gasteiger charge is -2.03. The van der Waals surface area contributed by atoms with Gasteiger partial charge in [0.05, 0.1) is 5.75 Å².